The van der Waals surface area contributed by atoms with E-state index in [9.17, 15) is 29.9 Å². The summed E-state index contributed by atoms with van der Waals surface area (Å²) in [6, 6.07) is 17.8. The number of likely N-dealkylation sites (N-methyl/N-ethyl adjacent to an activating group) is 1. The number of nitrogens with zero attached hydrogens (tertiary/aromatic N) is 3. The number of unbranched alkanes of at least 4 members (excludes halogenated alkanes) is 2. The van der Waals surface area contributed by atoms with Crippen LogP contribution in [0.15, 0.2) is 102 Å². The van der Waals surface area contributed by atoms with Crippen LogP contribution in [-0.2, 0) is 14.4 Å². The largest absolute Gasteiger partial charge is 0.459 e. The molecule has 324 valence electrons. The summed E-state index contributed by atoms with van der Waals surface area (Å²) in [5.41, 5.74) is 2.88. The predicted molar refractivity (Wildman–Crippen MR) is 233 cm³/mol. The van der Waals surface area contributed by atoms with Gasteiger partial charge in [0.15, 0.2) is 0 Å². The molecule has 0 radical (unpaired) electrons. The molecule has 0 bridgehead atoms. The van der Waals surface area contributed by atoms with Crippen molar-refractivity contribution in [1.82, 2.24) is 4.90 Å². The first-order valence-electron chi connectivity index (χ1n) is 21.0. The molecule has 13 nitrogen and oxygen atoms in total. The van der Waals surface area contributed by atoms with Crippen LogP contribution in [0, 0.1) is 27.9 Å². The lowest BCUT2D eigenvalue weighted by Crippen LogP contribution is -2.69. The smallest absolute Gasteiger partial charge is 0.269 e. The molecule has 3 aromatic carbocycles. The quantitative estimate of drug-likeness (QED) is 0.0297. The van der Waals surface area contributed by atoms with E-state index in [1.54, 1.807) is 60.5 Å². The van der Waals surface area contributed by atoms with Gasteiger partial charge in [0, 0.05) is 61.9 Å². The Labute approximate surface area is 357 Å². The third-order valence-corrected chi connectivity index (χ3v) is 11.6. The molecule has 1 fully saturated rings. The number of amides is 1. The van der Waals surface area contributed by atoms with E-state index in [1.807, 2.05) is 39.0 Å². The maximum Gasteiger partial charge on any atom is 0.269 e. The van der Waals surface area contributed by atoms with Crippen LogP contribution in [-0.4, -0.2) is 82.2 Å². The number of hydrogen-bond acceptors (Lipinski definition) is 11. The molecule has 1 saturated carbocycles. The Morgan fingerprint density at radius 1 is 1.02 bits per heavy atom. The molecule has 6 unspecified atom stereocenters. The Bertz CT molecular complexity index is 2140. The molecule has 2 N–H and O–H groups in total. The SMILES string of the molecule is C=CCOC12Oc3ccc(Oc4cccc(C=O)c4)cc3C3C(CCCCO)C(CCCCO)C=C(C(=NOC(C)(C)C)CC1N(C)C(=O)C=Cc1ccc([N+](=O)[O-])cc1)C32. The minimum atomic E-state index is -1.45. The van der Waals surface area contributed by atoms with Gasteiger partial charge in [-0.25, -0.2) is 0 Å². The number of hydrogen-bond donors (Lipinski definition) is 2. The summed E-state index contributed by atoms with van der Waals surface area (Å²) in [6.07, 6.45) is 12.4. The molecule has 0 aromatic heterocycles. The number of rotatable bonds is 19. The zero-order chi connectivity index (χ0) is 43.7. The fraction of sp³-hybridized carbons (Fsp3) is 0.438. The molecule has 1 aliphatic heterocycles. The van der Waals surface area contributed by atoms with Crippen LogP contribution in [0.4, 0.5) is 5.69 Å². The van der Waals surface area contributed by atoms with Crippen molar-refractivity contribution < 1.29 is 43.8 Å². The topological polar surface area (TPSA) is 170 Å². The fourth-order valence-electron chi connectivity index (χ4n) is 8.92. The van der Waals surface area contributed by atoms with Gasteiger partial charge in [-0.05, 0) is 118 Å². The number of allylic oxidation sites excluding steroid dienone is 1. The molecule has 13 heteroatoms. The first-order chi connectivity index (χ1) is 29.3. The van der Waals surface area contributed by atoms with Crippen molar-refractivity contribution >= 4 is 29.7 Å². The van der Waals surface area contributed by atoms with Gasteiger partial charge in [0.05, 0.1) is 23.2 Å². The molecule has 2 aliphatic carbocycles. The summed E-state index contributed by atoms with van der Waals surface area (Å²) in [6.45, 7) is 10.00. The summed E-state index contributed by atoms with van der Waals surface area (Å²) in [5.74, 6) is -0.909. The number of benzene rings is 3. The van der Waals surface area contributed by atoms with E-state index < -0.39 is 28.3 Å². The molecule has 61 heavy (non-hydrogen) atoms. The van der Waals surface area contributed by atoms with Crippen LogP contribution in [0.3, 0.4) is 0 Å². The normalized spacial score (nSPS) is 23.6. The highest BCUT2D eigenvalue weighted by Gasteiger charge is 2.65. The zero-order valence-electron chi connectivity index (χ0n) is 35.4. The Balaban J connectivity index is 1.54. The number of aliphatic hydroxyl groups excluding tert-OH is 2. The lowest BCUT2D eigenvalue weighted by molar-refractivity contribution is -0.384. The summed E-state index contributed by atoms with van der Waals surface area (Å²) in [5, 5.41) is 35.9. The third-order valence-electron chi connectivity index (χ3n) is 11.6. The van der Waals surface area contributed by atoms with Crippen LogP contribution in [0.25, 0.3) is 6.08 Å². The van der Waals surface area contributed by atoms with Gasteiger partial charge in [-0.3, -0.25) is 19.7 Å². The number of carbonyl (C=O) groups is 2. The molecule has 6 atom stereocenters. The van der Waals surface area contributed by atoms with Crippen LogP contribution < -0.4 is 9.47 Å². The van der Waals surface area contributed by atoms with Crippen molar-refractivity contribution in [3.05, 3.63) is 124 Å². The number of fused-ring (bicyclic) bond motifs is 2. The molecular weight excluding hydrogens is 779 g/mol. The maximum absolute atomic E-state index is 14.3. The van der Waals surface area contributed by atoms with Crippen LogP contribution in [0.1, 0.15) is 93.1 Å². The number of oxime groups is 1. The van der Waals surface area contributed by atoms with Gasteiger partial charge in [-0.1, -0.05) is 42.3 Å². The highest BCUT2D eigenvalue weighted by Crippen LogP contribution is 2.62. The van der Waals surface area contributed by atoms with E-state index in [2.05, 4.69) is 12.7 Å². The molecule has 1 heterocycles. The maximum atomic E-state index is 14.3. The van der Waals surface area contributed by atoms with E-state index in [1.165, 1.54) is 18.2 Å². The second-order valence-electron chi connectivity index (χ2n) is 16.9. The van der Waals surface area contributed by atoms with Gasteiger partial charge in [0.1, 0.15) is 35.2 Å². The van der Waals surface area contributed by atoms with Crippen molar-refractivity contribution in [2.24, 2.45) is 22.9 Å². The van der Waals surface area contributed by atoms with Crippen molar-refractivity contribution in [3.8, 4) is 17.2 Å². The molecule has 0 spiro atoms. The van der Waals surface area contributed by atoms with E-state index in [-0.39, 0.29) is 55.6 Å². The highest BCUT2D eigenvalue weighted by molar-refractivity contribution is 6.03. The summed E-state index contributed by atoms with van der Waals surface area (Å²) >= 11 is 0. The Kier molecular flexibility index (Phi) is 14.6. The lowest BCUT2D eigenvalue weighted by Gasteiger charge is -2.59. The van der Waals surface area contributed by atoms with E-state index in [4.69, 9.17) is 24.2 Å². The van der Waals surface area contributed by atoms with E-state index in [0.29, 0.717) is 46.9 Å². The first kappa shape index (κ1) is 44.9. The van der Waals surface area contributed by atoms with Gasteiger partial charge >= 0.3 is 0 Å². The lowest BCUT2D eigenvalue weighted by atomic mass is 9.55. The van der Waals surface area contributed by atoms with Crippen LogP contribution in [0.2, 0.25) is 0 Å². The van der Waals surface area contributed by atoms with E-state index in [0.717, 1.165) is 43.1 Å². The average molecular weight is 836 g/mol. The number of ether oxygens (including phenoxy) is 3. The van der Waals surface area contributed by atoms with Crippen molar-refractivity contribution in [2.75, 3.05) is 26.9 Å². The minimum Gasteiger partial charge on any atom is -0.459 e. The minimum absolute atomic E-state index is 0.00793. The van der Waals surface area contributed by atoms with Gasteiger partial charge in [-0.15, -0.1) is 6.58 Å². The Morgan fingerprint density at radius 3 is 2.41 bits per heavy atom. The van der Waals surface area contributed by atoms with Crippen LogP contribution >= 0.6 is 0 Å². The number of aliphatic hydroxyl groups is 2. The van der Waals surface area contributed by atoms with Gasteiger partial charge in [0.2, 0.25) is 11.7 Å². The highest BCUT2D eigenvalue weighted by atomic mass is 16.7. The van der Waals surface area contributed by atoms with Gasteiger partial charge < -0.3 is 34.2 Å². The summed E-state index contributed by atoms with van der Waals surface area (Å²) in [7, 11) is 1.71. The number of nitro groups is 1. The van der Waals surface area contributed by atoms with Crippen molar-refractivity contribution in [3.63, 3.8) is 0 Å². The summed E-state index contributed by atoms with van der Waals surface area (Å²) < 4.78 is 20.6. The number of nitro benzene ring substituents is 1. The number of non-ortho nitro benzene ring substituents is 1. The molecule has 3 aliphatic rings. The predicted octanol–water partition coefficient (Wildman–Crippen LogP) is 8.80. The standard InChI is InChI=1S/C48H57N3O10/c1-6-26-58-48-43(50(5)44(55)23-18-32-16-19-35(20-17-32)51(56)57)30-41(49-61-47(2,3)4)39-28-34(13-7-9-24-52)38(15-8-10-25-53)45(46(39)48)40-29-37(21-22-42(40)60-48)59-36-14-11-12-33(27-36)31-54/h6,11-12,14,16-23,27-29,31,34,38,43,45-46,52-53H,1,7-10,13,15,24-26,30H2,2-5H3. The number of aldehydes is 1. The van der Waals surface area contributed by atoms with Crippen molar-refractivity contribution in [1.29, 1.82) is 0 Å². The molecule has 6 rings (SSSR count). The van der Waals surface area contributed by atoms with Crippen LogP contribution in [0.5, 0.6) is 17.2 Å². The molecule has 1 amide bonds. The zero-order valence-corrected chi connectivity index (χ0v) is 35.4. The van der Waals surface area contributed by atoms with Gasteiger partial charge in [-0.2, -0.15) is 0 Å². The third kappa shape index (κ3) is 10.3. The second kappa shape index (κ2) is 19.8. The van der Waals surface area contributed by atoms with Gasteiger partial charge in [0.25, 0.3) is 5.69 Å². The molecule has 0 saturated heterocycles. The Hall–Kier alpha value is -5.63. The monoisotopic (exact) mass is 835 g/mol. The van der Waals surface area contributed by atoms with Crippen molar-refractivity contribution in [2.45, 2.75) is 89.1 Å². The first-order valence-corrected chi connectivity index (χ1v) is 21.0. The fourth-order valence-corrected chi connectivity index (χ4v) is 8.92. The number of carbonyl (C=O) groups excluding carboxylic acids is 2. The summed E-state index contributed by atoms with van der Waals surface area (Å²) in [4.78, 5) is 44.5. The van der Waals surface area contributed by atoms with E-state index >= 15 is 0 Å². The Morgan fingerprint density at radius 2 is 1.74 bits per heavy atom. The second-order valence-corrected chi connectivity index (χ2v) is 16.9. The average Bonchev–Trinajstić information content (AvgIpc) is 3.25. The molecule has 3 aromatic rings. The molecular formula is C48H57N3O10.